The molecule has 0 amide bonds. The maximum absolute atomic E-state index is 11.6. The van der Waals surface area contributed by atoms with Crippen LogP contribution in [0.4, 0.5) is 0 Å². The second kappa shape index (κ2) is 6.06. The zero-order valence-electron chi connectivity index (χ0n) is 9.21. The molecular formula is C10H20ClNO2S. The molecule has 1 saturated carbocycles. The Labute approximate surface area is 97.6 Å². The topological polar surface area (TPSA) is 46.2 Å². The van der Waals surface area contributed by atoms with Crippen molar-refractivity contribution in [2.75, 3.05) is 11.6 Å². The molecule has 0 aromatic rings. The van der Waals surface area contributed by atoms with Gasteiger partial charge in [0, 0.05) is 11.9 Å². The summed E-state index contributed by atoms with van der Waals surface area (Å²) in [6, 6.07) is 0.0970. The van der Waals surface area contributed by atoms with Crippen LogP contribution in [0.25, 0.3) is 0 Å². The molecule has 1 aliphatic rings. The molecule has 0 spiro atoms. The fourth-order valence-corrected chi connectivity index (χ4v) is 3.41. The minimum absolute atomic E-state index is 0.0970. The lowest BCUT2D eigenvalue weighted by Crippen LogP contribution is -2.41. The fourth-order valence-electron chi connectivity index (χ4n) is 1.76. The Morgan fingerprint density at radius 1 is 1.40 bits per heavy atom. The summed E-state index contributed by atoms with van der Waals surface area (Å²) < 4.78 is 26.0. The number of nitrogens with one attached hydrogen (secondary N) is 1. The molecule has 1 aliphatic carbocycles. The molecule has 0 aromatic heterocycles. The molecule has 0 aliphatic heterocycles. The van der Waals surface area contributed by atoms with Crippen LogP contribution < -0.4 is 4.72 Å². The second-order valence-corrected chi connectivity index (χ2v) is 6.56. The summed E-state index contributed by atoms with van der Waals surface area (Å²) in [7, 11) is -3.08. The van der Waals surface area contributed by atoms with Crippen molar-refractivity contribution in [3.05, 3.63) is 0 Å². The zero-order chi connectivity index (χ0) is 11.3. The van der Waals surface area contributed by atoms with Crippen molar-refractivity contribution in [3.63, 3.8) is 0 Å². The van der Waals surface area contributed by atoms with Crippen LogP contribution in [-0.2, 0) is 10.0 Å². The predicted molar refractivity (Wildman–Crippen MR) is 63.7 cm³/mol. The van der Waals surface area contributed by atoms with Crippen LogP contribution in [0, 0.1) is 5.92 Å². The summed E-state index contributed by atoms with van der Waals surface area (Å²) in [4.78, 5) is 0. The Morgan fingerprint density at radius 2 is 2.07 bits per heavy atom. The first kappa shape index (κ1) is 13.3. The van der Waals surface area contributed by atoms with Crippen molar-refractivity contribution in [2.45, 2.75) is 45.1 Å². The van der Waals surface area contributed by atoms with Gasteiger partial charge in [-0.3, -0.25) is 0 Å². The van der Waals surface area contributed by atoms with E-state index in [1.807, 2.05) is 6.92 Å². The van der Waals surface area contributed by atoms with Gasteiger partial charge in [-0.15, -0.1) is 11.6 Å². The van der Waals surface area contributed by atoms with E-state index in [-0.39, 0.29) is 11.8 Å². The molecule has 0 saturated heterocycles. The standard InChI is InChI=1S/C10H20ClNO2S/c1-9(10-5-4-6-10)12-15(13,14)8-3-2-7-11/h9-10,12H,2-8H2,1H3. The summed E-state index contributed by atoms with van der Waals surface area (Å²) in [5, 5.41) is 0. The van der Waals surface area contributed by atoms with E-state index in [4.69, 9.17) is 11.6 Å². The van der Waals surface area contributed by atoms with Crippen molar-refractivity contribution in [1.82, 2.24) is 4.72 Å². The van der Waals surface area contributed by atoms with Crippen molar-refractivity contribution < 1.29 is 8.42 Å². The monoisotopic (exact) mass is 253 g/mol. The highest BCUT2D eigenvalue weighted by Crippen LogP contribution is 2.29. The highest BCUT2D eigenvalue weighted by Gasteiger charge is 2.26. The highest BCUT2D eigenvalue weighted by atomic mass is 35.5. The second-order valence-electron chi connectivity index (χ2n) is 4.31. The molecule has 1 unspecified atom stereocenters. The van der Waals surface area contributed by atoms with E-state index in [2.05, 4.69) is 4.72 Å². The molecule has 1 rings (SSSR count). The molecule has 1 N–H and O–H groups in total. The van der Waals surface area contributed by atoms with E-state index in [0.29, 0.717) is 18.2 Å². The van der Waals surface area contributed by atoms with Crippen LogP contribution in [-0.4, -0.2) is 26.1 Å². The van der Waals surface area contributed by atoms with Crippen molar-refractivity contribution >= 4 is 21.6 Å². The Bertz CT molecular complexity index is 275. The van der Waals surface area contributed by atoms with Crippen molar-refractivity contribution in [3.8, 4) is 0 Å². The number of unbranched alkanes of at least 4 members (excludes halogenated alkanes) is 1. The first-order valence-corrected chi connectivity index (χ1v) is 7.80. The Kier molecular flexibility index (Phi) is 5.36. The van der Waals surface area contributed by atoms with Gasteiger partial charge in [0.1, 0.15) is 0 Å². The minimum atomic E-state index is -3.08. The van der Waals surface area contributed by atoms with Gasteiger partial charge in [0.25, 0.3) is 0 Å². The Morgan fingerprint density at radius 3 is 2.53 bits per heavy atom. The normalized spacial score (nSPS) is 19.9. The average molecular weight is 254 g/mol. The number of rotatable bonds is 7. The smallest absolute Gasteiger partial charge is 0.211 e. The summed E-state index contributed by atoms with van der Waals surface area (Å²) in [5.41, 5.74) is 0. The minimum Gasteiger partial charge on any atom is -0.212 e. The number of alkyl halides is 1. The Hall–Kier alpha value is 0.200. The number of halogens is 1. The molecule has 90 valence electrons. The quantitative estimate of drug-likeness (QED) is 0.558. The molecule has 5 heteroatoms. The van der Waals surface area contributed by atoms with Gasteiger partial charge in [0.05, 0.1) is 5.75 Å². The molecule has 3 nitrogen and oxygen atoms in total. The fraction of sp³-hybridized carbons (Fsp3) is 1.00. The Balaban J connectivity index is 2.27. The van der Waals surface area contributed by atoms with Crippen LogP contribution >= 0.6 is 11.6 Å². The summed E-state index contributed by atoms with van der Waals surface area (Å²) in [5.74, 6) is 1.29. The third-order valence-corrected chi connectivity index (χ3v) is 4.84. The zero-order valence-corrected chi connectivity index (χ0v) is 10.8. The molecule has 1 atom stereocenters. The first-order valence-electron chi connectivity index (χ1n) is 5.61. The third-order valence-electron chi connectivity index (χ3n) is 3.02. The van der Waals surface area contributed by atoms with E-state index in [1.54, 1.807) is 0 Å². The van der Waals surface area contributed by atoms with Crippen LogP contribution in [0.1, 0.15) is 39.0 Å². The molecule has 0 bridgehead atoms. The van der Waals surface area contributed by atoms with Gasteiger partial charge < -0.3 is 0 Å². The van der Waals surface area contributed by atoms with Gasteiger partial charge >= 0.3 is 0 Å². The number of hydrogen-bond acceptors (Lipinski definition) is 2. The van der Waals surface area contributed by atoms with Gasteiger partial charge in [-0.1, -0.05) is 6.42 Å². The number of sulfonamides is 1. The summed E-state index contributed by atoms with van der Waals surface area (Å²) >= 11 is 5.50. The first-order chi connectivity index (χ1) is 7.05. The predicted octanol–water partition coefficient (Wildman–Crippen LogP) is 2.11. The lowest BCUT2D eigenvalue weighted by molar-refractivity contribution is 0.260. The van der Waals surface area contributed by atoms with E-state index < -0.39 is 10.0 Å². The van der Waals surface area contributed by atoms with E-state index in [0.717, 1.165) is 19.3 Å². The molecular weight excluding hydrogens is 234 g/mol. The van der Waals surface area contributed by atoms with Crippen molar-refractivity contribution in [2.24, 2.45) is 5.92 Å². The largest absolute Gasteiger partial charge is 0.212 e. The van der Waals surface area contributed by atoms with Gasteiger partial charge in [0.15, 0.2) is 0 Å². The van der Waals surface area contributed by atoms with Gasteiger partial charge in [-0.25, -0.2) is 13.1 Å². The maximum atomic E-state index is 11.6. The third kappa shape index (κ3) is 4.70. The molecule has 1 fully saturated rings. The SMILES string of the molecule is CC(NS(=O)(=O)CCCCCl)C1CCC1. The van der Waals surface area contributed by atoms with E-state index in [9.17, 15) is 8.42 Å². The lowest BCUT2D eigenvalue weighted by atomic mass is 9.81. The van der Waals surface area contributed by atoms with E-state index >= 15 is 0 Å². The van der Waals surface area contributed by atoms with Crippen LogP contribution in [0.15, 0.2) is 0 Å². The van der Waals surface area contributed by atoms with Crippen molar-refractivity contribution in [1.29, 1.82) is 0 Å². The van der Waals surface area contributed by atoms with Gasteiger partial charge in [-0.05, 0) is 38.5 Å². The summed E-state index contributed by atoms with van der Waals surface area (Å²) in [6.45, 7) is 1.96. The molecule has 0 radical (unpaired) electrons. The van der Waals surface area contributed by atoms with Crippen LogP contribution in [0.2, 0.25) is 0 Å². The molecule has 15 heavy (non-hydrogen) atoms. The maximum Gasteiger partial charge on any atom is 0.211 e. The molecule has 0 aromatic carbocycles. The average Bonchev–Trinajstić information content (AvgIpc) is 1.99. The van der Waals surface area contributed by atoms with Crippen LogP contribution in [0.5, 0.6) is 0 Å². The summed E-state index contributed by atoms with van der Waals surface area (Å²) in [6.07, 6.45) is 4.97. The number of hydrogen-bond donors (Lipinski definition) is 1. The highest BCUT2D eigenvalue weighted by molar-refractivity contribution is 7.89. The lowest BCUT2D eigenvalue weighted by Gasteiger charge is -2.31. The van der Waals surface area contributed by atoms with Gasteiger partial charge in [-0.2, -0.15) is 0 Å². The molecule has 0 heterocycles. The van der Waals surface area contributed by atoms with Crippen LogP contribution in [0.3, 0.4) is 0 Å². The van der Waals surface area contributed by atoms with Gasteiger partial charge in [0.2, 0.25) is 10.0 Å². The van der Waals surface area contributed by atoms with E-state index in [1.165, 1.54) is 6.42 Å².